The molecule has 2 aromatic carbocycles. The first kappa shape index (κ1) is 19.3. The number of nitrogens with zero attached hydrogens (tertiary/aromatic N) is 2. The van der Waals surface area contributed by atoms with Gasteiger partial charge in [-0.3, -0.25) is 9.36 Å². The van der Waals surface area contributed by atoms with Crippen LogP contribution in [0.2, 0.25) is 0 Å². The summed E-state index contributed by atoms with van der Waals surface area (Å²) < 4.78 is 52.4. The van der Waals surface area contributed by atoms with Gasteiger partial charge >= 0.3 is 6.18 Å². The van der Waals surface area contributed by atoms with E-state index in [4.69, 9.17) is 9.47 Å². The summed E-state index contributed by atoms with van der Waals surface area (Å²) in [6, 6.07) is 10.1. The summed E-state index contributed by atoms with van der Waals surface area (Å²) in [6.07, 6.45) is -2.70. The van der Waals surface area contributed by atoms with Gasteiger partial charge in [-0.25, -0.2) is 4.98 Å². The van der Waals surface area contributed by atoms with Crippen LogP contribution in [0, 0.1) is 0 Å². The quantitative estimate of drug-likeness (QED) is 0.598. The molecule has 1 spiro atoms. The number of aromatic nitrogens is 2. The molecule has 156 valence electrons. The lowest BCUT2D eigenvalue weighted by molar-refractivity contribution is -0.165. The van der Waals surface area contributed by atoms with Crippen LogP contribution in [0.5, 0.6) is 0 Å². The number of ether oxygens (including phenoxy) is 2. The molecule has 2 aliphatic heterocycles. The number of alkyl halides is 3. The number of rotatable bonds is 1. The zero-order valence-electron chi connectivity index (χ0n) is 16.0. The fourth-order valence-corrected chi connectivity index (χ4v) is 4.24. The standard InChI is InChI=1S/C22H19F3N2O3/c23-22(24,25)16-3-1-2-14(12-16)15-4-5-17-18(13-15)26-19-6-7-21(29-10-11-30-21)8-9-27(19)20(17)28/h1-5,12-13H,6-11H2. The molecule has 30 heavy (non-hydrogen) atoms. The Morgan fingerprint density at radius 3 is 2.53 bits per heavy atom. The molecule has 1 fully saturated rings. The van der Waals surface area contributed by atoms with Crippen LogP contribution in [-0.2, 0) is 28.6 Å². The van der Waals surface area contributed by atoms with E-state index < -0.39 is 17.5 Å². The Bertz CT molecular complexity index is 1180. The lowest BCUT2D eigenvalue weighted by atomic mass is 10.0. The van der Waals surface area contributed by atoms with E-state index in [1.165, 1.54) is 6.07 Å². The summed E-state index contributed by atoms with van der Waals surface area (Å²) >= 11 is 0. The van der Waals surface area contributed by atoms with Gasteiger partial charge < -0.3 is 9.47 Å². The van der Waals surface area contributed by atoms with Crippen molar-refractivity contribution >= 4 is 10.9 Å². The average Bonchev–Trinajstić information content (AvgIpc) is 3.12. The summed E-state index contributed by atoms with van der Waals surface area (Å²) in [7, 11) is 0. The van der Waals surface area contributed by atoms with Gasteiger partial charge in [-0.2, -0.15) is 13.2 Å². The van der Waals surface area contributed by atoms with Crippen molar-refractivity contribution in [2.75, 3.05) is 13.2 Å². The molecular formula is C22H19F3N2O3. The smallest absolute Gasteiger partial charge is 0.347 e. The van der Waals surface area contributed by atoms with E-state index in [0.29, 0.717) is 66.9 Å². The lowest BCUT2D eigenvalue weighted by Gasteiger charge is -2.24. The van der Waals surface area contributed by atoms with Crippen molar-refractivity contribution in [3.05, 3.63) is 64.2 Å². The summed E-state index contributed by atoms with van der Waals surface area (Å²) in [4.78, 5) is 17.7. The molecule has 5 rings (SSSR count). The van der Waals surface area contributed by atoms with Crippen LogP contribution in [0.1, 0.15) is 24.2 Å². The van der Waals surface area contributed by atoms with Crippen molar-refractivity contribution in [1.29, 1.82) is 0 Å². The average molecular weight is 416 g/mol. The second-order valence-corrected chi connectivity index (χ2v) is 7.65. The molecule has 2 aliphatic rings. The summed E-state index contributed by atoms with van der Waals surface area (Å²) in [6.45, 7) is 1.54. The fourth-order valence-electron chi connectivity index (χ4n) is 4.24. The summed E-state index contributed by atoms with van der Waals surface area (Å²) in [5, 5.41) is 0.443. The first-order valence-electron chi connectivity index (χ1n) is 9.84. The van der Waals surface area contributed by atoms with Crippen LogP contribution in [-0.4, -0.2) is 28.6 Å². The van der Waals surface area contributed by atoms with Crippen molar-refractivity contribution in [2.45, 2.75) is 37.8 Å². The predicted octanol–water partition coefficient (Wildman–Crippen LogP) is 4.16. The van der Waals surface area contributed by atoms with Crippen molar-refractivity contribution in [3.63, 3.8) is 0 Å². The Hall–Kier alpha value is -2.71. The molecule has 0 radical (unpaired) electrons. The Labute approximate surface area is 170 Å². The summed E-state index contributed by atoms with van der Waals surface area (Å²) in [5.74, 6) is -0.0140. The third-order valence-corrected chi connectivity index (χ3v) is 5.82. The van der Waals surface area contributed by atoms with E-state index in [1.54, 1.807) is 28.8 Å². The number of fused-ring (bicyclic) bond motifs is 2. The minimum Gasteiger partial charge on any atom is -0.347 e. The number of benzene rings is 2. The Kier molecular flexibility index (Phi) is 4.44. The molecule has 0 N–H and O–H groups in total. The fraction of sp³-hybridized carbons (Fsp3) is 0.364. The molecule has 0 unspecified atom stereocenters. The van der Waals surface area contributed by atoms with Crippen molar-refractivity contribution in [1.82, 2.24) is 9.55 Å². The largest absolute Gasteiger partial charge is 0.416 e. The molecular weight excluding hydrogens is 397 g/mol. The third-order valence-electron chi connectivity index (χ3n) is 5.82. The monoisotopic (exact) mass is 416 g/mol. The maximum Gasteiger partial charge on any atom is 0.416 e. The second kappa shape index (κ2) is 6.92. The number of hydrogen-bond acceptors (Lipinski definition) is 4. The minimum atomic E-state index is -4.42. The van der Waals surface area contributed by atoms with Gasteiger partial charge in [0.15, 0.2) is 5.79 Å². The Morgan fingerprint density at radius 2 is 1.77 bits per heavy atom. The lowest BCUT2D eigenvalue weighted by Crippen LogP contribution is -2.31. The highest BCUT2D eigenvalue weighted by atomic mass is 19.4. The van der Waals surface area contributed by atoms with E-state index in [0.717, 1.165) is 12.1 Å². The van der Waals surface area contributed by atoms with Crippen LogP contribution in [0.3, 0.4) is 0 Å². The van der Waals surface area contributed by atoms with Crippen LogP contribution in [0.4, 0.5) is 13.2 Å². The highest BCUT2D eigenvalue weighted by Gasteiger charge is 2.38. The van der Waals surface area contributed by atoms with Crippen LogP contribution in [0.15, 0.2) is 47.3 Å². The van der Waals surface area contributed by atoms with Gasteiger partial charge in [-0.15, -0.1) is 0 Å². The predicted molar refractivity (Wildman–Crippen MR) is 104 cm³/mol. The molecule has 0 atom stereocenters. The summed E-state index contributed by atoms with van der Waals surface area (Å²) in [5.41, 5.74) is 0.621. The van der Waals surface area contributed by atoms with Crippen LogP contribution in [0.25, 0.3) is 22.0 Å². The van der Waals surface area contributed by atoms with Gasteiger partial charge in [0.1, 0.15) is 5.82 Å². The molecule has 0 bridgehead atoms. The van der Waals surface area contributed by atoms with Crippen molar-refractivity contribution < 1.29 is 22.6 Å². The van der Waals surface area contributed by atoms with Gasteiger partial charge in [-0.1, -0.05) is 18.2 Å². The maximum atomic E-state index is 13.1. The van der Waals surface area contributed by atoms with Crippen LogP contribution < -0.4 is 5.56 Å². The van der Waals surface area contributed by atoms with E-state index in [2.05, 4.69) is 4.98 Å². The molecule has 0 aliphatic carbocycles. The number of hydrogen-bond donors (Lipinski definition) is 0. The second-order valence-electron chi connectivity index (χ2n) is 7.65. The maximum absolute atomic E-state index is 13.1. The highest BCUT2D eigenvalue weighted by Crippen LogP contribution is 2.34. The van der Waals surface area contributed by atoms with Gasteiger partial charge in [0.2, 0.25) is 0 Å². The number of aryl methyl sites for hydroxylation is 1. The first-order valence-corrected chi connectivity index (χ1v) is 9.84. The topological polar surface area (TPSA) is 53.4 Å². The molecule has 3 aromatic rings. The zero-order valence-corrected chi connectivity index (χ0v) is 16.0. The van der Waals surface area contributed by atoms with Gasteiger partial charge in [0, 0.05) is 25.8 Å². The Morgan fingerprint density at radius 1 is 1.00 bits per heavy atom. The molecule has 3 heterocycles. The van der Waals surface area contributed by atoms with E-state index in [1.807, 2.05) is 0 Å². The van der Waals surface area contributed by atoms with Crippen molar-refractivity contribution in [3.8, 4) is 11.1 Å². The van der Waals surface area contributed by atoms with E-state index in [-0.39, 0.29) is 5.56 Å². The van der Waals surface area contributed by atoms with Crippen LogP contribution >= 0.6 is 0 Å². The molecule has 5 nitrogen and oxygen atoms in total. The van der Waals surface area contributed by atoms with Crippen molar-refractivity contribution in [2.24, 2.45) is 0 Å². The van der Waals surface area contributed by atoms with Gasteiger partial charge in [0.25, 0.3) is 5.56 Å². The SMILES string of the molecule is O=c1c2ccc(-c3cccc(C(F)(F)F)c3)cc2nc2n1CCC1(CC2)OCCO1. The molecule has 0 amide bonds. The molecule has 1 saturated heterocycles. The molecule has 0 saturated carbocycles. The minimum absolute atomic E-state index is 0.152. The highest BCUT2D eigenvalue weighted by molar-refractivity contribution is 5.83. The molecule has 1 aromatic heterocycles. The van der Waals surface area contributed by atoms with Gasteiger partial charge in [-0.05, 0) is 35.4 Å². The molecule has 8 heteroatoms. The number of halogens is 3. The van der Waals surface area contributed by atoms with Gasteiger partial charge in [0.05, 0.1) is 29.7 Å². The van der Waals surface area contributed by atoms with E-state index >= 15 is 0 Å². The third kappa shape index (κ3) is 3.30. The Balaban J connectivity index is 1.56. The normalized spacial score (nSPS) is 18.5. The van der Waals surface area contributed by atoms with E-state index in [9.17, 15) is 18.0 Å². The first-order chi connectivity index (χ1) is 14.3. The zero-order chi connectivity index (χ0) is 20.9.